The highest BCUT2D eigenvalue weighted by atomic mass is 16.5. The van der Waals surface area contributed by atoms with E-state index in [9.17, 15) is 43.8 Å². The van der Waals surface area contributed by atoms with Gasteiger partial charge in [-0.15, -0.1) is 0 Å². The van der Waals surface area contributed by atoms with Crippen molar-refractivity contribution in [1.82, 2.24) is 75.4 Å². The highest BCUT2D eigenvalue weighted by Gasteiger charge is 2.57. The number of carboxylic acid groups (broad SMARTS) is 2. The van der Waals surface area contributed by atoms with Crippen LogP contribution in [0.1, 0.15) is 168 Å². The van der Waals surface area contributed by atoms with Gasteiger partial charge in [0.05, 0.1) is 84.3 Å². The molecule has 7 amide bonds. The normalized spacial score (nSPS) is 22.0. The number of ether oxygens (including phenoxy) is 5. The molecule has 12 atom stereocenters. The molecule has 0 unspecified atom stereocenters. The van der Waals surface area contributed by atoms with Gasteiger partial charge in [-0.2, -0.15) is 0 Å². The second-order valence-corrected chi connectivity index (χ2v) is 34.2. The first kappa shape index (κ1) is 79.5. The minimum Gasteiger partial charge on any atom is -0.488 e. The van der Waals surface area contributed by atoms with Gasteiger partial charge in [0.25, 0.3) is 0 Å². The van der Waals surface area contributed by atoms with E-state index in [1.807, 2.05) is 63.9 Å². The molecule has 0 spiro atoms. The summed E-state index contributed by atoms with van der Waals surface area (Å²) in [4.78, 5) is 130. The average Bonchev–Trinajstić information content (AvgIpc) is 1.55. The third kappa shape index (κ3) is 14.5. The average molecular weight is 1580 g/mol. The summed E-state index contributed by atoms with van der Waals surface area (Å²) >= 11 is 0. The number of likely N-dealkylation sites (tertiary alicyclic amines) is 4. The van der Waals surface area contributed by atoms with E-state index >= 15 is 0 Å². The van der Waals surface area contributed by atoms with Gasteiger partial charge in [0, 0.05) is 54.7 Å². The maximum atomic E-state index is 14.0. The first-order valence-electron chi connectivity index (χ1n) is 40.1. The Morgan fingerprint density at radius 2 is 1.05 bits per heavy atom. The van der Waals surface area contributed by atoms with Crippen LogP contribution in [-0.4, -0.2) is 183 Å². The molecule has 29 heteroatoms. The number of H-pyrrole nitrogens is 4. The van der Waals surface area contributed by atoms with E-state index in [0.29, 0.717) is 69.0 Å². The van der Waals surface area contributed by atoms with Gasteiger partial charge < -0.3 is 84.5 Å². The van der Waals surface area contributed by atoms with E-state index in [-0.39, 0.29) is 71.5 Å². The fourth-order valence-electron chi connectivity index (χ4n) is 18.6. The molecule has 6 aliphatic heterocycles. The summed E-state index contributed by atoms with van der Waals surface area (Å²) < 4.78 is 27.9. The number of alkyl carbamates (subject to hydrolysis) is 2. The number of aromatic nitrogens is 8. The number of amides is 7. The second kappa shape index (κ2) is 31.1. The van der Waals surface area contributed by atoms with Crippen molar-refractivity contribution in [2.75, 3.05) is 41.0 Å². The van der Waals surface area contributed by atoms with Crippen molar-refractivity contribution in [3.05, 3.63) is 132 Å². The van der Waals surface area contributed by atoms with E-state index in [0.717, 1.165) is 130 Å². The van der Waals surface area contributed by atoms with Crippen LogP contribution in [0.3, 0.4) is 0 Å². The van der Waals surface area contributed by atoms with Gasteiger partial charge in [-0.1, -0.05) is 106 Å². The van der Waals surface area contributed by atoms with Crippen molar-refractivity contribution < 1.29 is 67.5 Å². The molecule has 4 fully saturated rings. The maximum Gasteiger partial charge on any atom is 0.408 e. The maximum absolute atomic E-state index is 14.0. The molecule has 4 saturated heterocycles. The zero-order valence-corrected chi connectivity index (χ0v) is 68.2. The van der Waals surface area contributed by atoms with Crippen molar-refractivity contribution in [3.63, 3.8) is 0 Å². The lowest BCUT2D eigenvalue weighted by atomic mass is 9.70. The number of fused-ring (bicyclic) bond motifs is 12. The number of carbonyl (C=O) groups excluding carboxylic acids is 5. The minimum absolute atomic E-state index is 0.0604. The predicted molar refractivity (Wildman–Crippen MR) is 436 cm³/mol. The highest BCUT2D eigenvalue weighted by molar-refractivity contribution is 6.08. The molecule has 10 aromatic rings. The van der Waals surface area contributed by atoms with Crippen LogP contribution in [0.2, 0.25) is 0 Å². The molecule has 116 heavy (non-hydrogen) atoms. The minimum atomic E-state index is -1.22. The third-order valence-electron chi connectivity index (χ3n) is 24.6. The molecule has 29 nitrogen and oxygen atoms in total. The molecule has 16 rings (SSSR count). The second-order valence-electron chi connectivity index (χ2n) is 34.2. The Kier molecular flexibility index (Phi) is 21.3. The van der Waals surface area contributed by atoms with Crippen LogP contribution in [0.4, 0.5) is 19.2 Å². The summed E-state index contributed by atoms with van der Waals surface area (Å²) in [7, 11) is 4.05. The number of hydrogen-bond donors (Lipinski definition) is 9. The summed E-state index contributed by atoms with van der Waals surface area (Å²) in [6, 6.07) is 25.7. The molecule has 6 aliphatic rings. The molecule has 610 valence electrons. The lowest BCUT2D eigenvalue weighted by Crippen LogP contribution is -2.54. The van der Waals surface area contributed by atoms with Crippen LogP contribution in [-0.2, 0) is 47.3 Å². The van der Waals surface area contributed by atoms with Crippen LogP contribution >= 0.6 is 0 Å². The van der Waals surface area contributed by atoms with Crippen molar-refractivity contribution in [1.29, 1.82) is 0 Å². The lowest BCUT2D eigenvalue weighted by Gasteiger charge is -2.45. The van der Waals surface area contributed by atoms with E-state index in [2.05, 4.69) is 144 Å². The Morgan fingerprint density at radius 1 is 0.552 bits per heavy atom. The fourth-order valence-corrected chi connectivity index (χ4v) is 18.6. The summed E-state index contributed by atoms with van der Waals surface area (Å²) in [6.07, 6.45) is 3.18. The highest BCUT2D eigenvalue weighted by Crippen LogP contribution is 2.54. The molecule has 6 aromatic carbocycles. The van der Waals surface area contributed by atoms with Gasteiger partial charge >= 0.3 is 24.4 Å². The number of benzene rings is 6. The van der Waals surface area contributed by atoms with Crippen LogP contribution in [0.5, 0.6) is 11.5 Å². The monoisotopic (exact) mass is 1580 g/mol. The molecular formula is C87H103N15O14. The SMILES string of the molecule is COC(=O)N[C@H](C(=O)N1C[C@@H](C)C[C@H]1c1nc2c(ccc3cc4c(cc32)OCc2cc(-c3cnc([C@@H]5CC[C@H](C)N5C(=O)[C@@H](NC(=O)O)C(C)C)[nH]3)ccc2-4)[nH]1)[C@@H](C)OC.COC(=O)N[C@H](C(=O)N1C[C@@H](C)C[C@H]1c1ncc(-c2ccc3c(c2)COc2cc4c(ccc5[nH]c([C@@]6(C(C)(C)C)C[C@H](C)CN6C(=O)O)nc54)cc2-3)[nH]1)C(C)C. The van der Waals surface area contributed by atoms with Crippen LogP contribution in [0, 0.1) is 35.0 Å². The number of carbonyl (C=O) groups is 7. The van der Waals surface area contributed by atoms with E-state index < -0.39 is 59.6 Å². The Hall–Kier alpha value is -11.8. The van der Waals surface area contributed by atoms with E-state index in [4.69, 9.17) is 43.6 Å². The van der Waals surface area contributed by atoms with E-state index in [1.165, 1.54) is 21.3 Å². The lowest BCUT2D eigenvalue weighted by molar-refractivity contribution is -0.138. The molecule has 0 saturated carbocycles. The summed E-state index contributed by atoms with van der Waals surface area (Å²) in [5.74, 6) is 3.93. The number of rotatable bonds is 16. The number of nitrogens with zero attached hydrogens (tertiary/aromatic N) is 8. The van der Waals surface area contributed by atoms with Crippen LogP contribution in [0.25, 0.3) is 88.4 Å². The molecular weight excluding hydrogens is 1480 g/mol. The summed E-state index contributed by atoms with van der Waals surface area (Å²) in [5, 5.41) is 31.4. The van der Waals surface area contributed by atoms with Gasteiger partial charge in [0.15, 0.2) is 0 Å². The number of hydrogen-bond acceptors (Lipinski definition) is 16. The first-order valence-corrected chi connectivity index (χ1v) is 40.1. The standard InChI is InChI=1S/C44H52N8O8.C43H51N7O6/c1-21(2)36(49-43(55)56)42(54)52-23(4)8-13-33(52)39-45-18-32(47-39)26-9-11-28-27(15-26)20-60-35-17-29-25(16-30(28)35)10-12-31-38(29)48-40(46-31)34-14-22(3)19-51(34)41(53)37(24(5)58-6)50-44(57)59-7;1-22(2)35(48-40(52)55-8)38(51)49-19-23(3)13-33(49)37-44-18-32(45-37)26-9-11-28-27(14-26)21-56-34-16-29-25(15-30(28)34)10-12-31-36(29)47-39(46-31)43(42(5,6)7)17-24(4)20-50(43)41(53)54/h9-12,15-18,21-24,33-34,36-37,49H,8,13-14,19-20H2,1-7H3,(H,45,47)(H,46,48)(H,50,57)(H,55,56);9-12,14-16,18,22-24,33,35H,13,17,19-21H2,1-8H3,(H,44,45)(H,46,47)(H,48,52)(H,53,54)/t22-,23-,24+,33-,34-,36-,37-;23-,24-,33-,35-,43+/m00/s1. The number of imidazole rings is 4. The smallest absolute Gasteiger partial charge is 0.408 e. The van der Waals surface area contributed by atoms with Gasteiger partial charge in [0.1, 0.15) is 71.7 Å². The topological polar surface area (TPSA) is 370 Å². The van der Waals surface area contributed by atoms with Crippen molar-refractivity contribution in [2.24, 2.45) is 35.0 Å². The molecule has 10 heterocycles. The van der Waals surface area contributed by atoms with Crippen molar-refractivity contribution >= 4 is 85.7 Å². The van der Waals surface area contributed by atoms with Gasteiger partial charge in [-0.3, -0.25) is 19.3 Å². The van der Waals surface area contributed by atoms with E-state index in [1.54, 1.807) is 27.8 Å². The van der Waals surface area contributed by atoms with Gasteiger partial charge in [-0.05, 0) is 174 Å². The number of nitrogens with one attached hydrogen (secondary N) is 7. The summed E-state index contributed by atoms with van der Waals surface area (Å²) in [6.45, 7) is 26.1. The first-order chi connectivity index (χ1) is 55.3. The number of methoxy groups -OCH3 is 3. The van der Waals surface area contributed by atoms with Gasteiger partial charge in [0.2, 0.25) is 17.7 Å². The largest absolute Gasteiger partial charge is 0.488 e. The fraction of sp³-hybridized carbons (Fsp3) is 0.460. The molecule has 0 radical (unpaired) electrons. The Bertz CT molecular complexity index is 5520. The Labute approximate surface area is 671 Å². The third-order valence-corrected chi connectivity index (χ3v) is 24.6. The van der Waals surface area contributed by atoms with Crippen LogP contribution in [0.15, 0.2) is 97.3 Å². The Morgan fingerprint density at radius 3 is 1.56 bits per heavy atom. The van der Waals surface area contributed by atoms with Crippen molar-refractivity contribution in [3.8, 4) is 56.3 Å². The zero-order valence-electron chi connectivity index (χ0n) is 68.2. The van der Waals surface area contributed by atoms with Crippen LogP contribution < -0.4 is 25.4 Å². The molecule has 0 aliphatic carbocycles. The quantitative estimate of drug-likeness (QED) is 0.0434. The summed E-state index contributed by atoms with van der Waals surface area (Å²) in [5.41, 5.74) is 11.8. The molecule has 9 N–H and O–H groups in total. The molecule has 0 bridgehead atoms. The van der Waals surface area contributed by atoms with Crippen molar-refractivity contribution in [2.45, 2.75) is 182 Å². The van der Waals surface area contributed by atoms with Gasteiger partial charge in [-0.25, -0.2) is 39.1 Å². The predicted octanol–water partition coefficient (Wildman–Crippen LogP) is 14.9. The zero-order chi connectivity index (χ0) is 82.4. The Balaban J connectivity index is 0.000000183. The molecule has 4 aromatic heterocycles. The number of aromatic amines is 4.